The van der Waals surface area contributed by atoms with Gasteiger partial charge in [0.05, 0.1) is 5.69 Å². The van der Waals surface area contributed by atoms with E-state index in [2.05, 4.69) is 5.10 Å². The SMILES string of the molecule is Cc1c(C(N)c2ccn(C)n2)oc2ccc(F)cc12. The maximum atomic E-state index is 13.3. The third-order valence-electron chi connectivity index (χ3n) is 3.27. The predicted molar refractivity (Wildman–Crippen MR) is 70.1 cm³/mol. The Morgan fingerprint density at radius 1 is 1.37 bits per heavy atom. The number of fused-ring (bicyclic) bond motifs is 1. The summed E-state index contributed by atoms with van der Waals surface area (Å²) in [6.07, 6.45) is 1.83. The van der Waals surface area contributed by atoms with Crippen molar-refractivity contribution in [1.82, 2.24) is 9.78 Å². The van der Waals surface area contributed by atoms with Crippen LogP contribution in [0.3, 0.4) is 0 Å². The standard InChI is InChI=1S/C14H14FN3O/c1-8-10-7-9(15)3-4-12(10)19-14(8)13(16)11-5-6-18(2)17-11/h3-7,13H,16H2,1-2H3. The average molecular weight is 259 g/mol. The van der Waals surface area contributed by atoms with Crippen LogP contribution in [0.4, 0.5) is 4.39 Å². The molecule has 4 nitrogen and oxygen atoms in total. The molecule has 1 unspecified atom stereocenters. The normalized spacial score (nSPS) is 13.1. The van der Waals surface area contributed by atoms with Gasteiger partial charge in [-0.2, -0.15) is 5.10 Å². The highest BCUT2D eigenvalue weighted by Crippen LogP contribution is 2.31. The second-order valence-corrected chi connectivity index (χ2v) is 4.62. The van der Waals surface area contributed by atoms with Crippen LogP contribution in [0.15, 0.2) is 34.9 Å². The summed E-state index contributed by atoms with van der Waals surface area (Å²) in [6, 6.07) is 5.85. The molecule has 0 amide bonds. The van der Waals surface area contributed by atoms with E-state index in [-0.39, 0.29) is 5.82 Å². The quantitative estimate of drug-likeness (QED) is 0.769. The minimum Gasteiger partial charge on any atom is -0.459 e. The summed E-state index contributed by atoms with van der Waals surface area (Å²) in [5.41, 5.74) is 8.39. The Bertz CT molecular complexity index is 744. The molecule has 98 valence electrons. The van der Waals surface area contributed by atoms with Gasteiger partial charge < -0.3 is 10.2 Å². The van der Waals surface area contributed by atoms with E-state index in [0.717, 1.165) is 16.6 Å². The first-order valence-corrected chi connectivity index (χ1v) is 6.00. The third kappa shape index (κ3) is 1.92. The van der Waals surface area contributed by atoms with Crippen molar-refractivity contribution in [3.05, 3.63) is 53.3 Å². The average Bonchev–Trinajstić information content (AvgIpc) is 2.94. The zero-order chi connectivity index (χ0) is 13.6. The lowest BCUT2D eigenvalue weighted by molar-refractivity contribution is 0.513. The molecule has 5 heteroatoms. The summed E-state index contributed by atoms with van der Waals surface area (Å²) >= 11 is 0. The van der Waals surface area contributed by atoms with Crippen LogP contribution < -0.4 is 5.73 Å². The minimum absolute atomic E-state index is 0.283. The summed E-state index contributed by atoms with van der Waals surface area (Å²) in [4.78, 5) is 0. The van der Waals surface area contributed by atoms with Gasteiger partial charge in [-0.15, -0.1) is 0 Å². The molecule has 0 fully saturated rings. The summed E-state index contributed by atoms with van der Waals surface area (Å²) in [5, 5.41) is 5.02. The van der Waals surface area contributed by atoms with Crippen molar-refractivity contribution in [2.24, 2.45) is 12.8 Å². The van der Waals surface area contributed by atoms with Gasteiger partial charge in [0, 0.05) is 24.2 Å². The van der Waals surface area contributed by atoms with Gasteiger partial charge in [0.25, 0.3) is 0 Å². The Labute approximate surface area is 109 Å². The summed E-state index contributed by atoms with van der Waals surface area (Å²) < 4.78 is 20.7. The number of rotatable bonds is 2. The van der Waals surface area contributed by atoms with Crippen LogP contribution in [0.25, 0.3) is 11.0 Å². The number of hydrogen-bond acceptors (Lipinski definition) is 3. The lowest BCUT2D eigenvalue weighted by atomic mass is 10.1. The first-order valence-electron chi connectivity index (χ1n) is 6.00. The molecule has 0 aliphatic rings. The molecular weight excluding hydrogens is 245 g/mol. The number of hydrogen-bond donors (Lipinski definition) is 1. The molecule has 0 aliphatic carbocycles. The van der Waals surface area contributed by atoms with Gasteiger partial charge >= 0.3 is 0 Å². The number of aromatic nitrogens is 2. The number of benzene rings is 1. The van der Waals surface area contributed by atoms with Crippen molar-refractivity contribution >= 4 is 11.0 Å². The lowest BCUT2D eigenvalue weighted by Gasteiger charge is -2.06. The second kappa shape index (κ2) is 4.20. The van der Waals surface area contributed by atoms with Crippen molar-refractivity contribution in [2.75, 3.05) is 0 Å². The third-order valence-corrected chi connectivity index (χ3v) is 3.27. The fourth-order valence-corrected chi connectivity index (χ4v) is 2.24. The Balaban J connectivity index is 2.12. The zero-order valence-electron chi connectivity index (χ0n) is 10.7. The van der Waals surface area contributed by atoms with E-state index < -0.39 is 6.04 Å². The molecule has 3 aromatic rings. The van der Waals surface area contributed by atoms with Gasteiger partial charge in [-0.3, -0.25) is 4.68 Å². The van der Waals surface area contributed by atoms with Crippen molar-refractivity contribution < 1.29 is 8.81 Å². The Hall–Kier alpha value is -2.14. The number of halogens is 1. The molecular formula is C14H14FN3O. The van der Waals surface area contributed by atoms with E-state index in [1.165, 1.54) is 12.1 Å². The van der Waals surface area contributed by atoms with Gasteiger partial charge in [0.2, 0.25) is 0 Å². The summed E-state index contributed by atoms with van der Waals surface area (Å²) in [7, 11) is 1.83. The van der Waals surface area contributed by atoms with Crippen LogP contribution in [0.5, 0.6) is 0 Å². The van der Waals surface area contributed by atoms with Gasteiger partial charge in [-0.25, -0.2) is 4.39 Å². The van der Waals surface area contributed by atoms with Crippen LogP contribution >= 0.6 is 0 Å². The van der Waals surface area contributed by atoms with E-state index in [9.17, 15) is 4.39 Å². The first-order chi connectivity index (χ1) is 9.06. The van der Waals surface area contributed by atoms with Gasteiger partial charge in [-0.1, -0.05) is 0 Å². The molecule has 3 rings (SSSR count). The Morgan fingerprint density at radius 3 is 2.84 bits per heavy atom. The topological polar surface area (TPSA) is 57.0 Å². The Morgan fingerprint density at radius 2 is 2.16 bits per heavy atom. The highest BCUT2D eigenvalue weighted by molar-refractivity contribution is 5.82. The van der Waals surface area contributed by atoms with Crippen LogP contribution in [-0.2, 0) is 7.05 Å². The highest BCUT2D eigenvalue weighted by Gasteiger charge is 2.20. The molecule has 19 heavy (non-hydrogen) atoms. The second-order valence-electron chi connectivity index (χ2n) is 4.62. The fourth-order valence-electron chi connectivity index (χ4n) is 2.24. The number of nitrogens with two attached hydrogens (primary N) is 1. The van der Waals surface area contributed by atoms with Crippen LogP contribution in [-0.4, -0.2) is 9.78 Å². The van der Waals surface area contributed by atoms with E-state index in [0.29, 0.717) is 11.3 Å². The molecule has 1 atom stereocenters. The maximum absolute atomic E-state index is 13.3. The number of nitrogens with zero attached hydrogens (tertiary/aromatic N) is 2. The van der Waals surface area contributed by atoms with Gasteiger partial charge in [-0.05, 0) is 31.2 Å². The molecule has 0 saturated heterocycles. The predicted octanol–water partition coefficient (Wildman–Crippen LogP) is 2.66. The minimum atomic E-state index is -0.448. The van der Waals surface area contributed by atoms with E-state index >= 15 is 0 Å². The first kappa shape index (κ1) is 11.9. The van der Waals surface area contributed by atoms with Crippen molar-refractivity contribution in [3.63, 3.8) is 0 Å². The molecule has 0 bridgehead atoms. The van der Waals surface area contributed by atoms with Crippen LogP contribution in [0.2, 0.25) is 0 Å². The van der Waals surface area contributed by atoms with E-state index in [1.54, 1.807) is 10.7 Å². The van der Waals surface area contributed by atoms with Crippen molar-refractivity contribution in [3.8, 4) is 0 Å². The molecule has 1 aromatic carbocycles. The molecule has 2 heterocycles. The van der Waals surface area contributed by atoms with Gasteiger partial charge in [0.15, 0.2) is 0 Å². The van der Waals surface area contributed by atoms with E-state index in [1.807, 2.05) is 26.2 Å². The maximum Gasteiger partial charge on any atom is 0.134 e. The van der Waals surface area contributed by atoms with Crippen LogP contribution in [0.1, 0.15) is 23.1 Å². The van der Waals surface area contributed by atoms with E-state index in [4.69, 9.17) is 10.2 Å². The van der Waals surface area contributed by atoms with Crippen molar-refractivity contribution in [2.45, 2.75) is 13.0 Å². The number of aryl methyl sites for hydroxylation is 2. The van der Waals surface area contributed by atoms with Crippen molar-refractivity contribution in [1.29, 1.82) is 0 Å². The highest BCUT2D eigenvalue weighted by atomic mass is 19.1. The van der Waals surface area contributed by atoms with Crippen LogP contribution in [0, 0.1) is 12.7 Å². The summed E-state index contributed by atoms with van der Waals surface area (Å²) in [5.74, 6) is 0.341. The fraction of sp³-hybridized carbons (Fsp3) is 0.214. The summed E-state index contributed by atoms with van der Waals surface area (Å²) in [6.45, 7) is 1.88. The number of furan rings is 1. The monoisotopic (exact) mass is 259 g/mol. The smallest absolute Gasteiger partial charge is 0.134 e. The molecule has 0 radical (unpaired) electrons. The molecule has 2 N–H and O–H groups in total. The molecule has 0 saturated carbocycles. The molecule has 0 spiro atoms. The Kier molecular flexibility index (Phi) is 2.64. The largest absolute Gasteiger partial charge is 0.459 e. The molecule has 2 aromatic heterocycles. The molecule has 0 aliphatic heterocycles. The zero-order valence-corrected chi connectivity index (χ0v) is 10.7. The lowest BCUT2D eigenvalue weighted by Crippen LogP contribution is -2.13. The van der Waals surface area contributed by atoms with Gasteiger partial charge in [0.1, 0.15) is 23.2 Å².